The number of rotatable bonds is 7. The Balaban J connectivity index is 1.46. The summed E-state index contributed by atoms with van der Waals surface area (Å²) in [5, 5.41) is 5.88. The fourth-order valence-corrected chi connectivity index (χ4v) is 3.80. The second-order valence-electron chi connectivity index (χ2n) is 7.33. The first-order chi connectivity index (χ1) is 15.9. The highest BCUT2D eigenvalue weighted by atomic mass is 35.5. The summed E-state index contributed by atoms with van der Waals surface area (Å²) < 4.78 is 0. The second kappa shape index (κ2) is 9.90. The monoisotopic (exact) mass is 479 g/mol. The molecule has 0 atom stereocenters. The molecule has 3 aromatic rings. The SMILES string of the molecule is O=C(Nc1ccccc1Cl)c1cccc(NC2=C(Cl)C(=O)N(CCc3ccccc3)C2=O)c1. The Morgan fingerprint density at radius 1 is 0.848 bits per heavy atom. The molecule has 8 heteroatoms. The van der Waals surface area contributed by atoms with Gasteiger partial charge in [0.2, 0.25) is 0 Å². The van der Waals surface area contributed by atoms with Crippen molar-refractivity contribution in [2.45, 2.75) is 6.42 Å². The minimum Gasteiger partial charge on any atom is -0.350 e. The van der Waals surface area contributed by atoms with E-state index < -0.39 is 11.8 Å². The lowest BCUT2D eigenvalue weighted by Crippen LogP contribution is -2.34. The molecule has 1 aliphatic rings. The van der Waals surface area contributed by atoms with E-state index in [1.54, 1.807) is 48.5 Å². The van der Waals surface area contributed by atoms with Gasteiger partial charge >= 0.3 is 0 Å². The molecular formula is C25H19Cl2N3O3. The third kappa shape index (κ3) is 5.08. The molecule has 1 heterocycles. The van der Waals surface area contributed by atoms with E-state index in [1.165, 1.54) is 0 Å². The zero-order valence-electron chi connectivity index (χ0n) is 17.3. The number of para-hydroxylation sites is 1. The van der Waals surface area contributed by atoms with Gasteiger partial charge < -0.3 is 10.6 Å². The Hall–Kier alpha value is -3.61. The first-order valence-electron chi connectivity index (χ1n) is 10.2. The van der Waals surface area contributed by atoms with Crippen LogP contribution in [0.5, 0.6) is 0 Å². The standard InChI is InChI=1S/C25H19Cl2N3O3/c26-19-11-4-5-12-20(19)29-23(31)17-9-6-10-18(15-17)28-22-21(27)24(32)30(25(22)33)14-13-16-7-2-1-3-8-16/h1-12,15,28H,13-14H2,(H,29,31). The minimum absolute atomic E-state index is 0.0154. The van der Waals surface area contributed by atoms with Gasteiger partial charge in [-0.1, -0.05) is 71.7 Å². The summed E-state index contributed by atoms with van der Waals surface area (Å²) in [6.07, 6.45) is 0.521. The lowest BCUT2D eigenvalue weighted by molar-refractivity contribution is -0.137. The van der Waals surface area contributed by atoms with Crippen molar-refractivity contribution in [2.75, 3.05) is 17.2 Å². The van der Waals surface area contributed by atoms with E-state index in [-0.39, 0.29) is 23.2 Å². The van der Waals surface area contributed by atoms with Gasteiger partial charge in [-0.25, -0.2) is 0 Å². The van der Waals surface area contributed by atoms with Gasteiger partial charge in [0.1, 0.15) is 10.7 Å². The number of imide groups is 1. The van der Waals surface area contributed by atoms with Crippen LogP contribution in [0.25, 0.3) is 0 Å². The summed E-state index contributed by atoms with van der Waals surface area (Å²) in [5.74, 6) is -1.43. The van der Waals surface area contributed by atoms with Gasteiger partial charge in [0.15, 0.2) is 0 Å². The van der Waals surface area contributed by atoms with Crippen LogP contribution in [0.1, 0.15) is 15.9 Å². The van der Waals surface area contributed by atoms with Crippen LogP contribution < -0.4 is 10.6 Å². The van der Waals surface area contributed by atoms with Crippen LogP contribution in [-0.2, 0) is 16.0 Å². The zero-order chi connectivity index (χ0) is 23.4. The first-order valence-corrected chi connectivity index (χ1v) is 10.9. The van der Waals surface area contributed by atoms with Gasteiger partial charge in [0.25, 0.3) is 17.7 Å². The predicted molar refractivity (Wildman–Crippen MR) is 129 cm³/mol. The Morgan fingerprint density at radius 2 is 1.58 bits per heavy atom. The average Bonchev–Trinajstić information content (AvgIpc) is 3.03. The van der Waals surface area contributed by atoms with E-state index in [2.05, 4.69) is 10.6 Å². The fraction of sp³-hybridized carbons (Fsp3) is 0.0800. The smallest absolute Gasteiger partial charge is 0.278 e. The summed E-state index contributed by atoms with van der Waals surface area (Å²) in [5.41, 5.74) is 2.26. The Kier molecular flexibility index (Phi) is 6.77. The minimum atomic E-state index is -0.548. The van der Waals surface area contributed by atoms with Gasteiger partial charge in [0.05, 0.1) is 10.7 Å². The molecule has 6 nitrogen and oxygen atoms in total. The molecule has 0 saturated heterocycles. The number of anilines is 2. The normalized spacial score (nSPS) is 13.5. The molecule has 1 aliphatic heterocycles. The number of carbonyl (C=O) groups is 3. The number of nitrogens with zero attached hydrogens (tertiary/aromatic N) is 1. The van der Waals surface area contributed by atoms with Crippen LogP contribution in [0.2, 0.25) is 5.02 Å². The second-order valence-corrected chi connectivity index (χ2v) is 8.11. The largest absolute Gasteiger partial charge is 0.350 e. The molecule has 0 aliphatic carbocycles. The Morgan fingerprint density at radius 3 is 2.33 bits per heavy atom. The highest BCUT2D eigenvalue weighted by Gasteiger charge is 2.37. The maximum Gasteiger partial charge on any atom is 0.278 e. The number of nitrogens with one attached hydrogen (secondary N) is 2. The van der Waals surface area contributed by atoms with Crippen molar-refractivity contribution in [2.24, 2.45) is 0 Å². The molecule has 166 valence electrons. The highest BCUT2D eigenvalue weighted by molar-refractivity contribution is 6.48. The topological polar surface area (TPSA) is 78.5 Å². The van der Waals surface area contributed by atoms with Crippen LogP contribution >= 0.6 is 23.2 Å². The molecule has 0 bridgehead atoms. The van der Waals surface area contributed by atoms with E-state index in [1.807, 2.05) is 30.3 Å². The van der Waals surface area contributed by atoms with Crippen molar-refractivity contribution in [3.05, 3.63) is 106 Å². The van der Waals surface area contributed by atoms with Crippen LogP contribution in [0.3, 0.4) is 0 Å². The lowest BCUT2D eigenvalue weighted by Gasteiger charge is -2.15. The number of benzene rings is 3. The predicted octanol–water partition coefficient (Wildman–Crippen LogP) is 5.07. The van der Waals surface area contributed by atoms with Crippen molar-refractivity contribution < 1.29 is 14.4 Å². The molecule has 0 radical (unpaired) electrons. The Bertz CT molecular complexity index is 1260. The molecule has 3 amide bonds. The molecule has 0 saturated carbocycles. The molecule has 0 spiro atoms. The molecule has 2 N–H and O–H groups in total. The van der Waals surface area contributed by atoms with E-state index in [0.29, 0.717) is 28.4 Å². The van der Waals surface area contributed by atoms with Crippen molar-refractivity contribution in [1.82, 2.24) is 4.90 Å². The van der Waals surface area contributed by atoms with Crippen molar-refractivity contribution >= 4 is 52.3 Å². The molecular weight excluding hydrogens is 461 g/mol. The summed E-state index contributed by atoms with van der Waals surface area (Å²) in [7, 11) is 0. The third-order valence-corrected chi connectivity index (χ3v) is 5.77. The summed E-state index contributed by atoms with van der Waals surface area (Å²) in [6.45, 7) is 0.212. The highest BCUT2D eigenvalue weighted by Crippen LogP contribution is 2.27. The van der Waals surface area contributed by atoms with Crippen LogP contribution in [0.4, 0.5) is 11.4 Å². The van der Waals surface area contributed by atoms with E-state index in [0.717, 1.165) is 10.5 Å². The fourth-order valence-electron chi connectivity index (χ4n) is 3.38. The van der Waals surface area contributed by atoms with Crippen molar-refractivity contribution in [1.29, 1.82) is 0 Å². The number of hydrogen-bond acceptors (Lipinski definition) is 4. The third-order valence-electron chi connectivity index (χ3n) is 5.09. The number of halogens is 2. The molecule has 0 unspecified atom stereocenters. The maximum atomic E-state index is 12.9. The lowest BCUT2D eigenvalue weighted by atomic mass is 10.1. The van der Waals surface area contributed by atoms with Crippen LogP contribution in [0.15, 0.2) is 89.6 Å². The molecule has 33 heavy (non-hydrogen) atoms. The molecule has 3 aromatic carbocycles. The summed E-state index contributed by atoms with van der Waals surface area (Å²) in [4.78, 5) is 39.2. The van der Waals surface area contributed by atoms with E-state index in [9.17, 15) is 14.4 Å². The van der Waals surface area contributed by atoms with Crippen LogP contribution in [0, 0.1) is 0 Å². The Labute approximate surface area is 200 Å². The van der Waals surface area contributed by atoms with Crippen molar-refractivity contribution in [3.8, 4) is 0 Å². The maximum absolute atomic E-state index is 12.9. The van der Waals surface area contributed by atoms with Gasteiger partial charge in [0, 0.05) is 17.8 Å². The number of amides is 3. The van der Waals surface area contributed by atoms with Gasteiger partial charge in [-0.05, 0) is 42.3 Å². The summed E-state index contributed by atoms with van der Waals surface area (Å²) in [6, 6.07) is 23.0. The first kappa shape index (κ1) is 22.6. The summed E-state index contributed by atoms with van der Waals surface area (Å²) >= 11 is 12.3. The average molecular weight is 480 g/mol. The van der Waals surface area contributed by atoms with Gasteiger partial charge in [-0.15, -0.1) is 0 Å². The zero-order valence-corrected chi connectivity index (χ0v) is 18.9. The van der Waals surface area contributed by atoms with Gasteiger partial charge in [-0.2, -0.15) is 0 Å². The number of carbonyl (C=O) groups excluding carboxylic acids is 3. The van der Waals surface area contributed by atoms with E-state index in [4.69, 9.17) is 23.2 Å². The van der Waals surface area contributed by atoms with Gasteiger partial charge in [-0.3, -0.25) is 19.3 Å². The molecule has 0 aromatic heterocycles. The van der Waals surface area contributed by atoms with Crippen molar-refractivity contribution in [3.63, 3.8) is 0 Å². The number of hydrogen-bond donors (Lipinski definition) is 2. The molecule has 4 rings (SSSR count). The van der Waals surface area contributed by atoms with Crippen LogP contribution in [-0.4, -0.2) is 29.2 Å². The quantitative estimate of drug-likeness (QED) is 0.463. The molecule has 0 fully saturated rings. The van der Waals surface area contributed by atoms with E-state index >= 15 is 0 Å².